The third-order valence-corrected chi connectivity index (χ3v) is 2.90. The highest BCUT2D eigenvalue weighted by Crippen LogP contribution is 2.31. The van der Waals surface area contributed by atoms with E-state index in [0.717, 1.165) is 5.32 Å². The largest absolute Gasteiger partial charge is 0.484 e. The van der Waals surface area contributed by atoms with Crippen LogP contribution in [0.25, 0.3) is 21.9 Å². The standard InChI is InChI=1S/C14H8F3NO2/c15-14(16,17)18-13(19)9-5-3-7-11-12(9)8-4-1-2-6-10(8)20-11/h1-7H,(H,18,19). The summed E-state index contributed by atoms with van der Waals surface area (Å²) in [6.45, 7) is 0. The van der Waals surface area contributed by atoms with Crippen LogP contribution in [0, 0.1) is 0 Å². The van der Waals surface area contributed by atoms with Crippen molar-refractivity contribution in [2.24, 2.45) is 0 Å². The number of amides is 1. The number of hydrogen-bond donors (Lipinski definition) is 1. The van der Waals surface area contributed by atoms with Crippen LogP contribution in [-0.4, -0.2) is 12.2 Å². The molecule has 1 aromatic heterocycles. The summed E-state index contributed by atoms with van der Waals surface area (Å²) in [5.41, 5.74) is 0.834. The number of furan rings is 1. The topological polar surface area (TPSA) is 42.2 Å². The lowest BCUT2D eigenvalue weighted by Gasteiger charge is -2.08. The first-order valence-corrected chi connectivity index (χ1v) is 5.75. The fourth-order valence-electron chi connectivity index (χ4n) is 2.16. The Labute approximate surface area is 111 Å². The van der Waals surface area contributed by atoms with Crippen molar-refractivity contribution in [2.45, 2.75) is 6.30 Å². The second-order valence-electron chi connectivity index (χ2n) is 4.23. The average Bonchev–Trinajstić information content (AvgIpc) is 2.74. The smallest absolute Gasteiger partial charge is 0.456 e. The highest BCUT2D eigenvalue weighted by atomic mass is 19.4. The van der Waals surface area contributed by atoms with E-state index in [1.165, 1.54) is 12.1 Å². The van der Waals surface area contributed by atoms with Crippen molar-refractivity contribution >= 4 is 27.8 Å². The molecule has 102 valence electrons. The highest BCUT2D eigenvalue weighted by Gasteiger charge is 2.31. The minimum absolute atomic E-state index is 0.0650. The number of para-hydroxylation sites is 1. The summed E-state index contributed by atoms with van der Waals surface area (Å²) in [5.74, 6) is -1.20. The SMILES string of the molecule is O=C(NC(F)(F)F)c1cccc2oc3ccccc3c12. The highest BCUT2D eigenvalue weighted by molar-refractivity contribution is 6.16. The number of rotatable bonds is 1. The van der Waals surface area contributed by atoms with Gasteiger partial charge in [0, 0.05) is 10.8 Å². The summed E-state index contributed by atoms with van der Waals surface area (Å²) in [5, 5.41) is 1.99. The van der Waals surface area contributed by atoms with Gasteiger partial charge in [-0.25, -0.2) is 0 Å². The van der Waals surface area contributed by atoms with E-state index in [1.807, 2.05) is 0 Å². The maximum atomic E-state index is 12.3. The van der Waals surface area contributed by atoms with Gasteiger partial charge in [-0.05, 0) is 18.2 Å². The van der Waals surface area contributed by atoms with E-state index >= 15 is 0 Å². The van der Waals surface area contributed by atoms with Crippen LogP contribution in [0.5, 0.6) is 0 Å². The third-order valence-electron chi connectivity index (χ3n) is 2.90. The Morgan fingerprint density at radius 3 is 2.45 bits per heavy atom. The van der Waals surface area contributed by atoms with Crippen molar-refractivity contribution in [1.29, 1.82) is 0 Å². The summed E-state index contributed by atoms with van der Waals surface area (Å²) < 4.78 is 42.3. The number of halogens is 3. The molecule has 0 aliphatic rings. The van der Waals surface area contributed by atoms with E-state index in [2.05, 4.69) is 0 Å². The molecule has 0 bridgehead atoms. The molecular weight excluding hydrogens is 271 g/mol. The molecule has 3 aromatic rings. The third kappa shape index (κ3) is 2.09. The molecule has 20 heavy (non-hydrogen) atoms. The summed E-state index contributed by atoms with van der Waals surface area (Å²) in [6.07, 6.45) is -4.77. The van der Waals surface area contributed by atoms with Gasteiger partial charge in [0.1, 0.15) is 11.2 Å². The van der Waals surface area contributed by atoms with E-state index in [9.17, 15) is 18.0 Å². The predicted molar refractivity (Wildman–Crippen MR) is 67.2 cm³/mol. The van der Waals surface area contributed by atoms with Crippen LogP contribution in [0.4, 0.5) is 13.2 Å². The predicted octanol–water partition coefficient (Wildman–Crippen LogP) is 3.84. The van der Waals surface area contributed by atoms with Crippen molar-refractivity contribution in [3.63, 3.8) is 0 Å². The summed E-state index contributed by atoms with van der Waals surface area (Å²) in [6, 6.07) is 11.3. The maximum Gasteiger partial charge on any atom is 0.484 e. The Hall–Kier alpha value is -2.50. The molecule has 0 aliphatic carbocycles. The zero-order valence-corrected chi connectivity index (χ0v) is 9.99. The fraction of sp³-hybridized carbons (Fsp3) is 0.0714. The Morgan fingerprint density at radius 1 is 1.00 bits per heavy atom. The quantitative estimate of drug-likeness (QED) is 0.688. The summed E-state index contributed by atoms with van der Waals surface area (Å²) in [7, 11) is 0. The van der Waals surface area contributed by atoms with Gasteiger partial charge in [-0.2, -0.15) is 13.2 Å². The van der Waals surface area contributed by atoms with Gasteiger partial charge in [0.2, 0.25) is 0 Å². The first-order valence-electron chi connectivity index (χ1n) is 5.75. The Morgan fingerprint density at radius 2 is 1.70 bits per heavy atom. The molecule has 6 heteroatoms. The molecule has 0 atom stereocenters. The number of carbonyl (C=O) groups is 1. The lowest BCUT2D eigenvalue weighted by Crippen LogP contribution is -2.37. The molecular formula is C14H8F3NO2. The van der Waals surface area contributed by atoms with Crippen molar-refractivity contribution in [1.82, 2.24) is 5.32 Å². The van der Waals surface area contributed by atoms with Crippen LogP contribution >= 0.6 is 0 Å². The van der Waals surface area contributed by atoms with Gasteiger partial charge >= 0.3 is 6.30 Å². The number of benzene rings is 2. The first kappa shape index (κ1) is 12.5. The molecule has 0 unspecified atom stereocenters. The molecule has 1 heterocycles. The van der Waals surface area contributed by atoms with Gasteiger partial charge in [0.05, 0.1) is 5.56 Å². The van der Waals surface area contributed by atoms with Crippen LogP contribution in [-0.2, 0) is 0 Å². The molecule has 0 spiro atoms. The van der Waals surface area contributed by atoms with E-state index in [1.54, 1.807) is 30.3 Å². The summed E-state index contributed by atoms with van der Waals surface area (Å²) in [4.78, 5) is 11.7. The molecule has 0 saturated carbocycles. The van der Waals surface area contributed by atoms with Crippen LogP contribution in [0.1, 0.15) is 10.4 Å². The molecule has 2 aromatic carbocycles. The van der Waals surface area contributed by atoms with Crippen LogP contribution in [0.2, 0.25) is 0 Å². The average molecular weight is 279 g/mol. The van der Waals surface area contributed by atoms with Crippen LogP contribution < -0.4 is 5.32 Å². The second-order valence-corrected chi connectivity index (χ2v) is 4.23. The minimum atomic E-state index is -4.77. The number of nitrogens with one attached hydrogen (secondary N) is 1. The van der Waals surface area contributed by atoms with Gasteiger partial charge in [-0.3, -0.25) is 10.1 Å². The van der Waals surface area contributed by atoms with Gasteiger partial charge in [-0.1, -0.05) is 24.3 Å². The van der Waals surface area contributed by atoms with Gasteiger partial charge in [0.25, 0.3) is 5.91 Å². The van der Waals surface area contributed by atoms with Crippen LogP contribution in [0.15, 0.2) is 46.9 Å². The Bertz CT molecular complexity index is 805. The lowest BCUT2D eigenvalue weighted by atomic mass is 10.1. The van der Waals surface area contributed by atoms with Crippen molar-refractivity contribution in [2.75, 3.05) is 0 Å². The second kappa shape index (κ2) is 4.26. The number of alkyl halides is 3. The van der Waals surface area contributed by atoms with E-state index in [-0.39, 0.29) is 5.56 Å². The molecule has 0 radical (unpaired) electrons. The van der Waals surface area contributed by atoms with Crippen molar-refractivity contribution in [3.05, 3.63) is 48.0 Å². The first-order chi connectivity index (χ1) is 9.46. The van der Waals surface area contributed by atoms with Crippen molar-refractivity contribution in [3.8, 4) is 0 Å². The fourth-order valence-corrected chi connectivity index (χ4v) is 2.16. The number of hydrogen-bond acceptors (Lipinski definition) is 2. The van der Waals surface area contributed by atoms with Gasteiger partial charge < -0.3 is 4.42 Å². The Balaban J connectivity index is 2.23. The van der Waals surface area contributed by atoms with Gasteiger partial charge in [0.15, 0.2) is 0 Å². The number of fused-ring (bicyclic) bond motifs is 3. The molecule has 0 saturated heterocycles. The van der Waals surface area contributed by atoms with Crippen molar-refractivity contribution < 1.29 is 22.4 Å². The van der Waals surface area contributed by atoms with E-state index in [0.29, 0.717) is 21.9 Å². The molecule has 1 amide bonds. The van der Waals surface area contributed by atoms with E-state index in [4.69, 9.17) is 4.42 Å². The minimum Gasteiger partial charge on any atom is -0.456 e. The summed E-state index contributed by atoms with van der Waals surface area (Å²) >= 11 is 0. The van der Waals surface area contributed by atoms with Gasteiger partial charge in [-0.15, -0.1) is 0 Å². The molecule has 0 aliphatic heterocycles. The number of carbonyl (C=O) groups excluding carboxylic acids is 1. The molecule has 1 N–H and O–H groups in total. The Kier molecular flexibility index (Phi) is 2.67. The zero-order valence-electron chi connectivity index (χ0n) is 9.99. The maximum absolute atomic E-state index is 12.3. The lowest BCUT2D eigenvalue weighted by molar-refractivity contribution is -0.146. The molecule has 3 rings (SSSR count). The monoisotopic (exact) mass is 279 g/mol. The van der Waals surface area contributed by atoms with Crippen LogP contribution in [0.3, 0.4) is 0 Å². The van der Waals surface area contributed by atoms with E-state index < -0.39 is 12.2 Å². The normalized spacial score (nSPS) is 11.9. The molecule has 3 nitrogen and oxygen atoms in total. The zero-order chi connectivity index (χ0) is 14.3. The molecule has 0 fully saturated rings.